The summed E-state index contributed by atoms with van der Waals surface area (Å²) in [5.41, 5.74) is 5.72. The molecule has 3 heteroatoms. The lowest BCUT2D eigenvalue weighted by molar-refractivity contribution is 0.102. The normalized spacial score (nSPS) is 13.9. The zero-order valence-electron chi connectivity index (χ0n) is 14.0. The molecular formula is C21H20N2O. The molecule has 0 aliphatic heterocycles. The second-order valence-corrected chi connectivity index (χ2v) is 6.66. The number of para-hydroxylation sites is 1. The van der Waals surface area contributed by atoms with E-state index in [1.807, 2.05) is 56.3 Å². The predicted molar refractivity (Wildman–Crippen MR) is 97.6 cm³/mol. The third-order valence-corrected chi connectivity index (χ3v) is 4.62. The van der Waals surface area contributed by atoms with Crippen molar-refractivity contribution >= 4 is 22.5 Å². The number of aromatic nitrogens is 1. The van der Waals surface area contributed by atoms with Gasteiger partial charge in [-0.15, -0.1) is 0 Å². The maximum absolute atomic E-state index is 12.9. The molecule has 0 bridgehead atoms. The van der Waals surface area contributed by atoms with E-state index in [2.05, 4.69) is 11.4 Å². The van der Waals surface area contributed by atoms with Gasteiger partial charge >= 0.3 is 0 Å². The number of anilines is 1. The highest BCUT2D eigenvalue weighted by Gasteiger charge is 2.27. The Morgan fingerprint density at radius 2 is 1.88 bits per heavy atom. The second kappa shape index (κ2) is 5.75. The van der Waals surface area contributed by atoms with Crippen molar-refractivity contribution in [2.75, 3.05) is 5.32 Å². The molecule has 1 amide bonds. The molecule has 4 rings (SSSR count). The van der Waals surface area contributed by atoms with Crippen molar-refractivity contribution in [1.29, 1.82) is 0 Å². The number of amides is 1. The Bertz CT molecular complexity index is 942. The molecule has 0 unspecified atom stereocenters. The number of benzene rings is 2. The molecule has 0 radical (unpaired) electrons. The topological polar surface area (TPSA) is 42.0 Å². The number of hydrogen-bond acceptors (Lipinski definition) is 2. The van der Waals surface area contributed by atoms with E-state index in [1.165, 1.54) is 12.8 Å². The third kappa shape index (κ3) is 2.78. The first-order valence-electron chi connectivity index (χ1n) is 8.40. The molecule has 3 aromatic rings. The highest BCUT2D eigenvalue weighted by molar-refractivity contribution is 6.12. The van der Waals surface area contributed by atoms with Crippen LogP contribution in [0.5, 0.6) is 0 Å². The lowest BCUT2D eigenvalue weighted by Gasteiger charge is -2.12. The summed E-state index contributed by atoms with van der Waals surface area (Å²) >= 11 is 0. The highest BCUT2D eigenvalue weighted by Crippen LogP contribution is 2.40. The number of pyridine rings is 1. The highest BCUT2D eigenvalue weighted by atomic mass is 16.1. The fourth-order valence-electron chi connectivity index (χ4n) is 3.03. The summed E-state index contributed by atoms with van der Waals surface area (Å²) in [6, 6.07) is 15.9. The van der Waals surface area contributed by atoms with Crippen LogP contribution in [0.1, 0.15) is 45.9 Å². The number of nitrogens with zero attached hydrogens (tertiary/aromatic N) is 1. The van der Waals surface area contributed by atoms with Crippen LogP contribution in [0.4, 0.5) is 5.69 Å². The van der Waals surface area contributed by atoms with Crippen LogP contribution in [0.15, 0.2) is 48.5 Å². The van der Waals surface area contributed by atoms with Gasteiger partial charge in [0.2, 0.25) is 0 Å². The number of nitrogens with one attached hydrogen (secondary N) is 1. The predicted octanol–water partition coefficient (Wildman–Crippen LogP) is 4.98. The summed E-state index contributed by atoms with van der Waals surface area (Å²) in [5.74, 6) is 0.450. The van der Waals surface area contributed by atoms with Crippen molar-refractivity contribution in [1.82, 2.24) is 4.98 Å². The summed E-state index contributed by atoms with van der Waals surface area (Å²) in [7, 11) is 0. The standard InChI is InChI=1S/C21H20N2O/c1-13-7-8-14(2)19(11-13)23-21(24)17-12-20(15-9-10-15)22-18-6-4-3-5-16(17)18/h3-8,11-12,15H,9-10H2,1-2H3,(H,23,24). The van der Waals surface area contributed by atoms with Crippen molar-refractivity contribution in [3.8, 4) is 0 Å². The van der Waals surface area contributed by atoms with Crippen molar-refractivity contribution in [3.63, 3.8) is 0 Å². The fraction of sp³-hybridized carbons (Fsp3) is 0.238. The first-order chi connectivity index (χ1) is 11.6. The Morgan fingerprint density at radius 1 is 1.08 bits per heavy atom. The molecule has 3 nitrogen and oxygen atoms in total. The van der Waals surface area contributed by atoms with Crippen molar-refractivity contribution in [3.05, 3.63) is 70.9 Å². The molecule has 1 aromatic heterocycles. The molecular weight excluding hydrogens is 296 g/mol. The minimum Gasteiger partial charge on any atom is -0.322 e. The summed E-state index contributed by atoms with van der Waals surface area (Å²) in [4.78, 5) is 17.7. The van der Waals surface area contributed by atoms with Crippen LogP contribution in [0.2, 0.25) is 0 Å². The van der Waals surface area contributed by atoms with Gasteiger partial charge in [-0.25, -0.2) is 0 Å². The van der Waals surface area contributed by atoms with Gasteiger partial charge in [0, 0.05) is 22.7 Å². The minimum atomic E-state index is -0.0656. The monoisotopic (exact) mass is 316 g/mol. The lowest BCUT2D eigenvalue weighted by Crippen LogP contribution is -2.14. The van der Waals surface area contributed by atoms with Crippen molar-refractivity contribution in [2.24, 2.45) is 0 Å². The third-order valence-electron chi connectivity index (χ3n) is 4.62. The molecule has 1 aliphatic rings. The second-order valence-electron chi connectivity index (χ2n) is 6.66. The van der Waals surface area contributed by atoms with E-state index >= 15 is 0 Å². The molecule has 0 atom stereocenters. The number of aryl methyl sites for hydroxylation is 2. The Labute approximate surface area is 141 Å². The van der Waals surface area contributed by atoms with E-state index in [9.17, 15) is 4.79 Å². The van der Waals surface area contributed by atoms with Crippen LogP contribution < -0.4 is 5.32 Å². The van der Waals surface area contributed by atoms with Gasteiger partial charge in [0.05, 0.1) is 11.1 Å². The summed E-state index contributed by atoms with van der Waals surface area (Å²) in [6.45, 7) is 4.04. The SMILES string of the molecule is Cc1ccc(C)c(NC(=O)c2cc(C3CC3)nc3ccccc23)c1. The van der Waals surface area contributed by atoms with Gasteiger partial charge in [0.25, 0.3) is 5.91 Å². The number of carbonyl (C=O) groups is 1. The lowest BCUT2D eigenvalue weighted by atomic mass is 10.0. The van der Waals surface area contributed by atoms with Gasteiger partial charge in [-0.05, 0) is 56.0 Å². The molecule has 2 aromatic carbocycles. The molecule has 1 fully saturated rings. The van der Waals surface area contributed by atoms with Gasteiger partial charge in [0.1, 0.15) is 0 Å². The Morgan fingerprint density at radius 3 is 2.67 bits per heavy atom. The average Bonchev–Trinajstić information content (AvgIpc) is 3.42. The van der Waals surface area contributed by atoms with Crippen LogP contribution in [-0.2, 0) is 0 Å². The smallest absolute Gasteiger partial charge is 0.256 e. The van der Waals surface area contributed by atoms with Gasteiger partial charge in [-0.2, -0.15) is 0 Å². The Balaban J connectivity index is 1.77. The van der Waals surface area contributed by atoms with Crippen molar-refractivity contribution in [2.45, 2.75) is 32.6 Å². The first-order valence-corrected chi connectivity index (χ1v) is 8.40. The largest absolute Gasteiger partial charge is 0.322 e. The summed E-state index contributed by atoms with van der Waals surface area (Å²) in [6.07, 6.45) is 2.34. The van der Waals surface area contributed by atoms with Crippen LogP contribution in [0.25, 0.3) is 10.9 Å². The Hall–Kier alpha value is -2.68. The number of rotatable bonds is 3. The van der Waals surface area contributed by atoms with E-state index in [0.29, 0.717) is 11.5 Å². The molecule has 24 heavy (non-hydrogen) atoms. The van der Waals surface area contributed by atoms with E-state index in [-0.39, 0.29) is 5.91 Å². The quantitative estimate of drug-likeness (QED) is 0.740. The molecule has 1 heterocycles. The molecule has 0 saturated heterocycles. The van der Waals surface area contributed by atoms with Crippen molar-refractivity contribution < 1.29 is 4.79 Å². The zero-order chi connectivity index (χ0) is 16.7. The molecule has 1 N–H and O–H groups in total. The molecule has 120 valence electrons. The maximum atomic E-state index is 12.9. The van der Waals surface area contributed by atoms with Gasteiger partial charge in [0.15, 0.2) is 0 Å². The van der Waals surface area contributed by atoms with E-state index in [1.54, 1.807) is 0 Å². The number of hydrogen-bond donors (Lipinski definition) is 1. The van der Waals surface area contributed by atoms with Gasteiger partial charge in [-0.3, -0.25) is 9.78 Å². The number of fused-ring (bicyclic) bond motifs is 1. The van der Waals surface area contributed by atoms with Gasteiger partial charge in [-0.1, -0.05) is 30.3 Å². The maximum Gasteiger partial charge on any atom is 0.256 e. The molecule has 1 aliphatic carbocycles. The minimum absolute atomic E-state index is 0.0656. The van der Waals surface area contributed by atoms with Crippen LogP contribution in [0.3, 0.4) is 0 Å². The van der Waals surface area contributed by atoms with E-state index in [4.69, 9.17) is 4.98 Å². The molecule has 0 spiro atoms. The first kappa shape index (κ1) is 14.9. The number of carbonyl (C=O) groups excluding carboxylic acids is 1. The average molecular weight is 316 g/mol. The van der Waals surface area contributed by atoms with Crippen LogP contribution in [-0.4, -0.2) is 10.9 Å². The molecule has 1 saturated carbocycles. The zero-order valence-corrected chi connectivity index (χ0v) is 14.0. The van der Waals surface area contributed by atoms with Crippen LogP contribution >= 0.6 is 0 Å². The van der Waals surface area contributed by atoms with E-state index in [0.717, 1.165) is 33.4 Å². The van der Waals surface area contributed by atoms with Gasteiger partial charge < -0.3 is 5.32 Å². The van der Waals surface area contributed by atoms with E-state index < -0.39 is 0 Å². The fourth-order valence-corrected chi connectivity index (χ4v) is 3.03. The summed E-state index contributed by atoms with van der Waals surface area (Å²) < 4.78 is 0. The summed E-state index contributed by atoms with van der Waals surface area (Å²) in [5, 5.41) is 3.99. The Kier molecular flexibility index (Phi) is 3.57. The van der Waals surface area contributed by atoms with Crippen LogP contribution in [0, 0.1) is 13.8 Å².